The second-order valence-corrected chi connectivity index (χ2v) is 8.21. The lowest BCUT2D eigenvalue weighted by atomic mass is 10.1. The number of carbonyl (C=O) groups excluding carboxylic acids is 1. The molecule has 1 amide bonds. The summed E-state index contributed by atoms with van der Waals surface area (Å²) in [5.41, 5.74) is 3.75. The molecule has 0 bridgehead atoms. The quantitative estimate of drug-likeness (QED) is 0.283. The van der Waals surface area contributed by atoms with E-state index < -0.39 is 0 Å². The Kier molecular flexibility index (Phi) is 10.8. The zero-order valence-electron chi connectivity index (χ0n) is 19.3. The number of aryl methyl sites for hydroxylation is 1. The summed E-state index contributed by atoms with van der Waals surface area (Å²) in [7, 11) is 3.39. The number of halogens is 1. The van der Waals surface area contributed by atoms with Crippen LogP contribution < -0.4 is 20.7 Å². The molecule has 0 saturated heterocycles. The van der Waals surface area contributed by atoms with Gasteiger partial charge in [0.25, 0.3) is 5.91 Å². The van der Waals surface area contributed by atoms with Gasteiger partial charge in [0.1, 0.15) is 11.4 Å². The molecule has 2 aromatic carbocycles. The molecule has 3 N–H and O–H groups in total. The van der Waals surface area contributed by atoms with Crippen molar-refractivity contribution in [3.05, 3.63) is 64.7 Å². The van der Waals surface area contributed by atoms with Crippen LogP contribution in [0.4, 0.5) is 0 Å². The highest BCUT2D eigenvalue weighted by molar-refractivity contribution is 14.0. The van der Waals surface area contributed by atoms with Crippen LogP contribution in [0.2, 0.25) is 0 Å². The number of nitrogens with zero attached hydrogens (tertiary/aromatic N) is 1. The molecule has 0 fully saturated rings. The lowest BCUT2D eigenvalue weighted by Crippen LogP contribution is -2.38. The fraction of sp³-hybridized carbons (Fsp3) is 0.417. The first kappa shape index (κ1) is 26.7. The van der Waals surface area contributed by atoms with Crippen molar-refractivity contribution in [2.45, 2.75) is 46.3 Å². The maximum atomic E-state index is 11.8. The molecule has 7 heteroatoms. The minimum atomic E-state index is -0.258. The van der Waals surface area contributed by atoms with Gasteiger partial charge in [0.2, 0.25) is 0 Å². The number of hydrogen-bond acceptors (Lipinski definition) is 3. The molecule has 6 nitrogen and oxygen atoms in total. The molecule has 31 heavy (non-hydrogen) atoms. The lowest BCUT2D eigenvalue weighted by Gasteiger charge is -2.24. The van der Waals surface area contributed by atoms with Crippen molar-refractivity contribution in [1.29, 1.82) is 0 Å². The normalized spacial score (nSPS) is 11.4. The Balaban J connectivity index is 0.00000480. The summed E-state index contributed by atoms with van der Waals surface area (Å²) in [6.45, 7) is 9.52. The molecule has 0 atom stereocenters. The minimum Gasteiger partial charge on any atom is -0.488 e. The average Bonchev–Trinajstić information content (AvgIpc) is 2.70. The summed E-state index contributed by atoms with van der Waals surface area (Å²) in [5, 5.41) is 9.33. The first-order valence-corrected chi connectivity index (χ1v) is 10.3. The molecule has 0 unspecified atom stereocenters. The van der Waals surface area contributed by atoms with Crippen molar-refractivity contribution in [3.8, 4) is 5.75 Å². The van der Waals surface area contributed by atoms with Gasteiger partial charge in [0, 0.05) is 38.3 Å². The van der Waals surface area contributed by atoms with Gasteiger partial charge in [-0.1, -0.05) is 24.3 Å². The average molecular weight is 538 g/mol. The molecule has 0 spiro atoms. The van der Waals surface area contributed by atoms with Crippen molar-refractivity contribution in [3.63, 3.8) is 0 Å². The largest absolute Gasteiger partial charge is 0.488 e. The third kappa shape index (κ3) is 9.16. The smallest absolute Gasteiger partial charge is 0.251 e. The lowest BCUT2D eigenvalue weighted by molar-refractivity contribution is 0.0963. The van der Waals surface area contributed by atoms with Gasteiger partial charge in [-0.25, -0.2) is 0 Å². The fourth-order valence-corrected chi connectivity index (χ4v) is 2.97. The van der Waals surface area contributed by atoms with Crippen LogP contribution in [0.3, 0.4) is 0 Å². The zero-order chi connectivity index (χ0) is 22.1. The molecule has 2 aromatic rings. The summed E-state index contributed by atoms with van der Waals surface area (Å²) < 4.78 is 6.13. The van der Waals surface area contributed by atoms with Crippen LogP contribution in [-0.4, -0.2) is 38.1 Å². The van der Waals surface area contributed by atoms with E-state index in [4.69, 9.17) is 4.74 Å². The molecular weight excluding hydrogens is 503 g/mol. The van der Waals surface area contributed by atoms with Crippen molar-refractivity contribution in [2.24, 2.45) is 4.99 Å². The van der Waals surface area contributed by atoms with Gasteiger partial charge in [-0.05, 0) is 63.4 Å². The van der Waals surface area contributed by atoms with Gasteiger partial charge in [-0.2, -0.15) is 0 Å². The first-order valence-electron chi connectivity index (χ1n) is 10.3. The monoisotopic (exact) mass is 538 g/mol. The van der Waals surface area contributed by atoms with E-state index >= 15 is 0 Å². The number of hydrogen-bond donors (Lipinski definition) is 3. The van der Waals surface area contributed by atoms with E-state index in [2.05, 4.69) is 46.1 Å². The van der Waals surface area contributed by atoms with Crippen molar-refractivity contribution < 1.29 is 9.53 Å². The van der Waals surface area contributed by atoms with E-state index in [1.54, 1.807) is 14.1 Å². The van der Waals surface area contributed by atoms with Gasteiger partial charge >= 0.3 is 0 Å². The Labute approximate surface area is 203 Å². The molecular formula is C24H35IN4O2. The number of benzene rings is 2. The SMILES string of the molecule is CN=C(NCCc1cccc(C(=O)NC)c1)NCc1ccc(C)cc1OC(C)(C)C.I. The second kappa shape index (κ2) is 12.5. The highest BCUT2D eigenvalue weighted by atomic mass is 127. The number of carbonyl (C=O) groups is 1. The summed E-state index contributed by atoms with van der Waals surface area (Å²) in [6.07, 6.45) is 0.786. The topological polar surface area (TPSA) is 74.8 Å². The van der Waals surface area contributed by atoms with Crippen molar-refractivity contribution in [2.75, 3.05) is 20.6 Å². The summed E-state index contributed by atoms with van der Waals surface area (Å²) >= 11 is 0. The van der Waals surface area contributed by atoms with Gasteiger partial charge < -0.3 is 20.7 Å². The van der Waals surface area contributed by atoms with E-state index in [0.717, 1.165) is 29.3 Å². The molecule has 0 saturated carbocycles. The van der Waals surface area contributed by atoms with E-state index in [9.17, 15) is 4.79 Å². The standard InChI is InChI=1S/C24H34N4O2.HI/c1-17-10-11-20(21(14-17)30-24(2,3)4)16-28-23(26-6)27-13-12-18-8-7-9-19(15-18)22(29)25-5;/h7-11,14-15H,12-13,16H2,1-6H3,(H,25,29)(H2,26,27,28);1H. The zero-order valence-corrected chi connectivity index (χ0v) is 21.7. The van der Waals surface area contributed by atoms with Gasteiger partial charge in [-0.3, -0.25) is 9.79 Å². The van der Waals surface area contributed by atoms with Crippen LogP contribution >= 0.6 is 24.0 Å². The Morgan fingerprint density at radius 2 is 1.84 bits per heavy atom. The molecule has 0 aliphatic heterocycles. The highest BCUT2D eigenvalue weighted by Crippen LogP contribution is 2.24. The number of amides is 1. The third-order valence-corrected chi connectivity index (χ3v) is 4.43. The maximum Gasteiger partial charge on any atom is 0.251 e. The molecule has 2 rings (SSSR count). The minimum absolute atomic E-state index is 0. The van der Waals surface area contributed by atoms with Gasteiger partial charge in [-0.15, -0.1) is 24.0 Å². The van der Waals surface area contributed by atoms with Gasteiger partial charge in [0.15, 0.2) is 5.96 Å². The number of guanidine groups is 1. The number of ether oxygens (including phenoxy) is 1. The van der Waals surface area contributed by atoms with Crippen LogP contribution in [0.1, 0.15) is 47.8 Å². The predicted octanol–water partition coefficient (Wildman–Crippen LogP) is 4.06. The Hall–Kier alpha value is -2.29. The Bertz CT molecular complexity index is 891. The second-order valence-electron chi connectivity index (χ2n) is 8.21. The van der Waals surface area contributed by atoms with Crippen LogP contribution in [0.15, 0.2) is 47.5 Å². The Morgan fingerprint density at radius 3 is 2.48 bits per heavy atom. The summed E-state index contributed by atoms with van der Waals surface area (Å²) in [6, 6.07) is 13.9. The van der Waals surface area contributed by atoms with Crippen LogP contribution in [0.5, 0.6) is 5.75 Å². The molecule has 0 aliphatic rings. The number of rotatable bonds is 7. The molecule has 0 radical (unpaired) electrons. The predicted molar refractivity (Wildman–Crippen MR) is 139 cm³/mol. The van der Waals surface area contributed by atoms with E-state index in [1.807, 2.05) is 45.0 Å². The highest BCUT2D eigenvalue weighted by Gasteiger charge is 2.15. The van der Waals surface area contributed by atoms with Crippen LogP contribution in [0, 0.1) is 6.92 Å². The molecule has 0 heterocycles. The van der Waals surface area contributed by atoms with E-state index in [-0.39, 0.29) is 35.5 Å². The summed E-state index contributed by atoms with van der Waals surface area (Å²) in [4.78, 5) is 16.1. The van der Waals surface area contributed by atoms with Crippen molar-refractivity contribution >= 4 is 35.8 Å². The van der Waals surface area contributed by atoms with Crippen LogP contribution in [-0.2, 0) is 13.0 Å². The van der Waals surface area contributed by atoms with E-state index in [0.29, 0.717) is 18.7 Å². The van der Waals surface area contributed by atoms with Crippen molar-refractivity contribution in [1.82, 2.24) is 16.0 Å². The van der Waals surface area contributed by atoms with Crippen LogP contribution in [0.25, 0.3) is 0 Å². The first-order chi connectivity index (χ1) is 14.2. The van der Waals surface area contributed by atoms with E-state index in [1.165, 1.54) is 5.56 Å². The molecule has 0 aliphatic carbocycles. The summed E-state index contributed by atoms with van der Waals surface area (Å²) in [5.74, 6) is 1.53. The Morgan fingerprint density at radius 1 is 1.10 bits per heavy atom. The fourth-order valence-electron chi connectivity index (χ4n) is 2.97. The number of nitrogens with one attached hydrogen (secondary N) is 3. The molecule has 0 aromatic heterocycles. The van der Waals surface area contributed by atoms with Gasteiger partial charge in [0.05, 0.1) is 0 Å². The maximum absolute atomic E-state index is 11.8. The third-order valence-electron chi connectivity index (χ3n) is 4.43. The number of aliphatic imine (C=N–C) groups is 1. The molecule has 170 valence electrons.